The van der Waals surface area contributed by atoms with Gasteiger partial charge in [0.2, 0.25) is 0 Å². The number of quaternary nitrogens is 1. The minimum Gasteiger partial charge on any atom is -0.756 e. The van der Waals surface area contributed by atoms with Crippen LogP contribution in [0.15, 0.2) is 72.9 Å². The zero-order chi connectivity index (χ0) is 43.2. The molecule has 0 fully saturated rings. The summed E-state index contributed by atoms with van der Waals surface area (Å²) >= 11 is 0. The first-order valence-electron chi connectivity index (χ1n) is 21.8. The molecule has 1 unspecified atom stereocenters. The molecule has 0 aromatic rings. The summed E-state index contributed by atoms with van der Waals surface area (Å²) in [5.74, 6) is -1.15. The van der Waals surface area contributed by atoms with Gasteiger partial charge in [0.1, 0.15) is 19.8 Å². The Bertz CT molecular complexity index is 1250. The number of carbonyl (C=O) groups excluding carboxylic acids is 2. The lowest BCUT2D eigenvalue weighted by molar-refractivity contribution is -0.870. The van der Waals surface area contributed by atoms with E-state index in [2.05, 4.69) is 68.5 Å². The van der Waals surface area contributed by atoms with Crippen molar-refractivity contribution in [2.24, 2.45) is 0 Å². The molecular weight excluding hydrogens is 757 g/mol. The van der Waals surface area contributed by atoms with Crippen LogP contribution in [0.5, 0.6) is 0 Å². The number of ether oxygens (including phenoxy) is 2. The maximum Gasteiger partial charge on any atom is 0.306 e. The summed E-state index contributed by atoms with van der Waals surface area (Å²) in [5, 5.41) is 20.8. The smallest absolute Gasteiger partial charge is 0.306 e. The molecule has 0 amide bonds. The van der Waals surface area contributed by atoms with Gasteiger partial charge in [-0.05, 0) is 83.5 Å². The van der Waals surface area contributed by atoms with Crippen molar-refractivity contribution < 1.29 is 52.3 Å². The molecule has 0 aliphatic heterocycles. The van der Waals surface area contributed by atoms with Crippen molar-refractivity contribution in [3.05, 3.63) is 72.9 Å². The van der Waals surface area contributed by atoms with Crippen LogP contribution in [0.3, 0.4) is 0 Å². The van der Waals surface area contributed by atoms with Crippen molar-refractivity contribution in [3.63, 3.8) is 0 Å². The summed E-state index contributed by atoms with van der Waals surface area (Å²) in [7, 11) is 0.966. The predicted octanol–water partition coefficient (Wildman–Crippen LogP) is 9.55. The van der Waals surface area contributed by atoms with E-state index in [-0.39, 0.29) is 45.3 Å². The highest BCUT2D eigenvalue weighted by Crippen LogP contribution is 2.38. The molecule has 334 valence electrons. The Morgan fingerprint density at radius 2 is 1.17 bits per heavy atom. The number of aliphatic hydroxyl groups is 2. The molecule has 0 aromatic carbocycles. The first-order chi connectivity index (χ1) is 27.8. The number of carbonyl (C=O) groups is 2. The van der Waals surface area contributed by atoms with Crippen LogP contribution in [-0.2, 0) is 32.7 Å². The highest BCUT2D eigenvalue weighted by Gasteiger charge is 2.22. The molecule has 0 aliphatic carbocycles. The minimum absolute atomic E-state index is 0.0896. The SMILES string of the molecule is CC/C=C\C/C=C\C/C=C\C/C=C\C[C@@H](O)[C@H](O)CCCC(=O)O[C@H](COC(=O)CCCCCCC/C=C\C/C=C\CCCCC)COP(=O)([O-])OCC[N+](C)(C)C. The molecule has 11 nitrogen and oxygen atoms in total. The number of rotatable bonds is 38. The quantitative estimate of drug-likeness (QED) is 0.0202. The highest BCUT2D eigenvalue weighted by molar-refractivity contribution is 7.45. The lowest BCUT2D eigenvalue weighted by Crippen LogP contribution is -2.37. The number of esters is 2. The molecule has 0 bridgehead atoms. The molecule has 0 radical (unpaired) electrons. The average molecular weight is 838 g/mol. The first-order valence-corrected chi connectivity index (χ1v) is 23.3. The third-order valence-corrected chi connectivity index (χ3v) is 9.88. The molecule has 12 heteroatoms. The van der Waals surface area contributed by atoms with Crippen molar-refractivity contribution in [3.8, 4) is 0 Å². The summed E-state index contributed by atoms with van der Waals surface area (Å²) in [6.45, 7) is 3.70. The Morgan fingerprint density at radius 1 is 0.638 bits per heavy atom. The molecule has 58 heavy (non-hydrogen) atoms. The van der Waals surface area contributed by atoms with Gasteiger partial charge in [-0.3, -0.25) is 14.2 Å². The third-order valence-electron chi connectivity index (χ3n) is 8.91. The van der Waals surface area contributed by atoms with Crippen molar-refractivity contribution >= 4 is 19.8 Å². The number of hydrogen-bond acceptors (Lipinski definition) is 10. The molecule has 2 N–H and O–H groups in total. The molecule has 0 aliphatic rings. The topological polar surface area (TPSA) is 152 Å². The molecule has 0 saturated heterocycles. The van der Waals surface area contributed by atoms with Gasteiger partial charge in [-0.2, -0.15) is 0 Å². The first kappa shape index (κ1) is 55.4. The number of phosphoric ester groups is 1. The fourth-order valence-corrected chi connectivity index (χ4v) is 6.09. The zero-order valence-corrected chi connectivity index (χ0v) is 37.6. The van der Waals surface area contributed by atoms with E-state index in [4.69, 9.17) is 18.5 Å². The van der Waals surface area contributed by atoms with E-state index < -0.39 is 44.7 Å². The van der Waals surface area contributed by atoms with E-state index in [1.807, 2.05) is 39.4 Å². The summed E-state index contributed by atoms with van der Waals surface area (Å²) in [6, 6.07) is 0. The van der Waals surface area contributed by atoms with Crippen molar-refractivity contribution in [1.82, 2.24) is 0 Å². The van der Waals surface area contributed by atoms with Gasteiger partial charge in [0, 0.05) is 12.8 Å². The van der Waals surface area contributed by atoms with Crippen LogP contribution in [0.2, 0.25) is 0 Å². The summed E-state index contributed by atoms with van der Waals surface area (Å²) < 4.78 is 33.6. The Labute approximate surface area is 352 Å². The number of nitrogens with zero attached hydrogens (tertiary/aromatic N) is 1. The normalized spacial score (nSPS) is 15.4. The maximum absolute atomic E-state index is 12.7. The second-order valence-electron chi connectivity index (χ2n) is 15.6. The second-order valence-corrected chi connectivity index (χ2v) is 17.0. The van der Waals surface area contributed by atoms with Crippen molar-refractivity contribution in [2.45, 2.75) is 161 Å². The Hall–Kier alpha value is -2.63. The molecule has 0 saturated carbocycles. The predicted molar refractivity (Wildman–Crippen MR) is 234 cm³/mol. The van der Waals surface area contributed by atoms with Gasteiger partial charge in [0.15, 0.2) is 6.10 Å². The second kappa shape index (κ2) is 37.4. The van der Waals surface area contributed by atoms with E-state index in [9.17, 15) is 29.3 Å². The van der Waals surface area contributed by atoms with Crippen LogP contribution in [0, 0.1) is 0 Å². The third kappa shape index (κ3) is 38.9. The average Bonchev–Trinajstić information content (AvgIpc) is 3.17. The maximum atomic E-state index is 12.7. The summed E-state index contributed by atoms with van der Waals surface area (Å²) in [5.41, 5.74) is 0. The number of allylic oxidation sites excluding steroid dienone is 11. The number of aliphatic hydroxyl groups excluding tert-OH is 2. The lowest BCUT2D eigenvalue weighted by atomic mass is 10.0. The number of hydrogen-bond donors (Lipinski definition) is 2. The van der Waals surface area contributed by atoms with Gasteiger partial charge in [-0.15, -0.1) is 0 Å². The Kier molecular flexibility index (Phi) is 35.7. The lowest BCUT2D eigenvalue weighted by Gasteiger charge is -2.28. The van der Waals surface area contributed by atoms with Gasteiger partial charge in [0.05, 0.1) is 40.0 Å². The van der Waals surface area contributed by atoms with Crippen LogP contribution in [0.25, 0.3) is 0 Å². The Morgan fingerprint density at radius 3 is 1.78 bits per heavy atom. The number of unbranched alkanes of at least 4 members (excludes halogenated alkanes) is 8. The molecule has 0 rings (SSSR count). The van der Waals surface area contributed by atoms with Gasteiger partial charge < -0.3 is 38.1 Å². The van der Waals surface area contributed by atoms with Crippen molar-refractivity contribution in [2.75, 3.05) is 47.5 Å². The van der Waals surface area contributed by atoms with Crippen LogP contribution in [0.1, 0.15) is 142 Å². The monoisotopic (exact) mass is 838 g/mol. The van der Waals surface area contributed by atoms with Crippen LogP contribution in [-0.4, -0.2) is 92.5 Å². The molecule has 4 atom stereocenters. The summed E-state index contributed by atoms with van der Waals surface area (Å²) in [4.78, 5) is 37.6. The molecular formula is C46H80NO10P. The molecule has 0 spiro atoms. The fraction of sp³-hybridized carbons (Fsp3) is 0.696. The van der Waals surface area contributed by atoms with Crippen LogP contribution < -0.4 is 4.89 Å². The van der Waals surface area contributed by atoms with E-state index in [0.717, 1.165) is 70.6 Å². The highest BCUT2D eigenvalue weighted by atomic mass is 31.2. The summed E-state index contributed by atoms with van der Waals surface area (Å²) in [6.07, 6.45) is 38.1. The largest absolute Gasteiger partial charge is 0.756 e. The number of likely N-dealkylation sites (N-methyl/N-ethyl adjacent to an activating group) is 1. The standard InChI is InChI=1S/C46H80NO10P/c1-6-8-10-12-14-16-18-20-21-22-24-26-28-30-32-36-45(50)54-40-42(41-56-58(52,53)55-39-38-47(3,4)5)57-46(51)37-33-35-44(49)43(48)34-31-29-27-25-23-19-17-15-13-11-9-7-2/h9,11,14-17,20-21,23,25,29,31,42-44,48-49H,6-8,10,12-13,18-19,22,24,26-28,30,32-41H2,1-5H3/b11-9-,16-14-,17-15-,21-20-,25-23-,31-29-/t42-,43-,44-/m1/s1. The zero-order valence-electron chi connectivity index (χ0n) is 36.7. The molecule has 0 aromatic heterocycles. The van der Waals surface area contributed by atoms with Crippen molar-refractivity contribution in [1.29, 1.82) is 0 Å². The van der Waals surface area contributed by atoms with Gasteiger partial charge >= 0.3 is 11.9 Å². The fourth-order valence-electron chi connectivity index (χ4n) is 5.36. The van der Waals surface area contributed by atoms with E-state index in [1.165, 1.54) is 19.3 Å². The van der Waals surface area contributed by atoms with E-state index >= 15 is 0 Å². The van der Waals surface area contributed by atoms with Crippen LogP contribution >= 0.6 is 7.82 Å². The Balaban J connectivity index is 4.66. The number of phosphoric acid groups is 1. The van der Waals surface area contributed by atoms with E-state index in [1.54, 1.807) is 0 Å². The van der Waals surface area contributed by atoms with Crippen LogP contribution in [0.4, 0.5) is 0 Å². The van der Waals surface area contributed by atoms with E-state index in [0.29, 0.717) is 17.4 Å². The van der Waals surface area contributed by atoms with Gasteiger partial charge in [-0.1, -0.05) is 119 Å². The van der Waals surface area contributed by atoms with Gasteiger partial charge in [0.25, 0.3) is 7.82 Å². The molecule has 0 heterocycles. The minimum atomic E-state index is -4.71. The van der Waals surface area contributed by atoms with Gasteiger partial charge in [-0.25, -0.2) is 0 Å².